The van der Waals surface area contributed by atoms with E-state index in [4.69, 9.17) is 4.74 Å². The predicted octanol–water partition coefficient (Wildman–Crippen LogP) is 2.24. The monoisotopic (exact) mass is 260 g/mol. The van der Waals surface area contributed by atoms with Crippen LogP contribution < -0.4 is 5.32 Å². The van der Waals surface area contributed by atoms with Crippen molar-refractivity contribution in [2.24, 2.45) is 11.8 Å². The van der Waals surface area contributed by atoms with Crippen LogP contribution in [-0.2, 0) is 11.2 Å². The van der Waals surface area contributed by atoms with Crippen LogP contribution in [0.5, 0.6) is 0 Å². The summed E-state index contributed by atoms with van der Waals surface area (Å²) in [6.07, 6.45) is 2.51. The molecule has 1 aromatic carbocycles. The van der Waals surface area contributed by atoms with Gasteiger partial charge in [0.1, 0.15) is 0 Å². The van der Waals surface area contributed by atoms with Gasteiger partial charge < -0.3 is 15.0 Å². The normalized spacial score (nSPS) is 27.0. The second kappa shape index (κ2) is 5.93. The molecule has 0 bridgehead atoms. The molecule has 0 saturated carbocycles. The highest BCUT2D eigenvalue weighted by Gasteiger charge is 2.26. The van der Waals surface area contributed by atoms with E-state index in [-0.39, 0.29) is 0 Å². The molecule has 19 heavy (non-hydrogen) atoms. The first kappa shape index (κ1) is 12.9. The maximum Gasteiger partial charge on any atom is 0.0503 e. The van der Waals surface area contributed by atoms with Crippen LogP contribution in [0.1, 0.15) is 12.0 Å². The van der Waals surface area contributed by atoms with Gasteiger partial charge in [0.25, 0.3) is 0 Å². The number of hydrogen-bond donors (Lipinski definition) is 1. The Bertz CT molecular complexity index is 421. The maximum absolute atomic E-state index is 5.27. The Balaban J connectivity index is 1.53. The molecule has 1 aromatic rings. The van der Waals surface area contributed by atoms with Crippen molar-refractivity contribution >= 4 is 5.69 Å². The summed E-state index contributed by atoms with van der Waals surface area (Å²) in [4.78, 5) is 2.62. The number of likely N-dealkylation sites (tertiary alicyclic amines) is 1. The van der Waals surface area contributed by atoms with Crippen LogP contribution in [-0.4, -0.2) is 44.8 Å². The molecule has 2 atom stereocenters. The lowest BCUT2D eigenvalue weighted by Crippen LogP contribution is -2.35. The molecule has 0 aromatic heterocycles. The number of fused-ring (bicyclic) bond motifs is 1. The van der Waals surface area contributed by atoms with Crippen LogP contribution in [0.2, 0.25) is 0 Å². The molecular formula is C16H24N2O. The summed E-state index contributed by atoms with van der Waals surface area (Å²) in [7, 11) is 1.81. The van der Waals surface area contributed by atoms with Gasteiger partial charge in [-0.15, -0.1) is 0 Å². The number of rotatable bonds is 4. The molecule has 2 heterocycles. The first-order chi connectivity index (χ1) is 9.35. The second-order valence-corrected chi connectivity index (χ2v) is 5.98. The highest BCUT2D eigenvalue weighted by atomic mass is 16.5. The smallest absolute Gasteiger partial charge is 0.0503 e. The topological polar surface area (TPSA) is 24.5 Å². The summed E-state index contributed by atoms with van der Waals surface area (Å²) in [5.41, 5.74) is 2.81. The Morgan fingerprint density at radius 2 is 2.21 bits per heavy atom. The molecule has 2 aliphatic heterocycles. The average molecular weight is 260 g/mol. The number of ether oxygens (including phenoxy) is 1. The van der Waals surface area contributed by atoms with Crippen LogP contribution >= 0.6 is 0 Å². The predicted molar refractivity (Wildman–Crippen MR) is 78.5 cm³/mol. The second-order valence-electron chi connectivity index (χ2n) is 5.98. The summed E-state index contributed by atoms with van der Waals surface area (Å²) >= 11 is 0. The van der Waals surface area contributed by atoms with Gasteiger partial charge in [0.15, 0.2) is 0 Å². The van der Waals surface area contributed by atoms with Crippen molar-refractivity contribution in [2.45, 2.75) is 12.8 Å². The van der Waals surface area contributed by atoms with E-state index in [1.165, 1.54) is 43.7 Å². The van der Waals surface area contributed by atoms with Gasteiger partial charge in [-0.1, -0.05) is 18.2 Å². The fourth-order valence-electron chi connectivity index (χ4n) is 3.45. The molecule has 0 aliphatic carbocycles. The molecule has 2 aliphatic rings. The van der Waals surface area contributed by atoms with Gasteiger partial charge in [-0.05, 0) is 42.9 Å². The van der Waals surface area contributed by atoms with Crippen molar-refractivity contribution in [1.29, 1.82) is 0 Å². The van der Waals surface area contributed by atoms with Crippen molar-refractivity contribution in [2.75, 3.05) is 45.2 Å². The van der Waals surface area contributed by atoms with Crippen LogP contribution in [0, 0.1) is 11.8 Å². The molecule has 3 heteroatoms. The molecule has 3 rings (SSSR count). The standard InChI is InChI=1S/C16H24N2O/c1-19-12-13-6-7-18(10-13)11-14-8-15-4-2-3-5-16(15)17-9-14/h2-5,13-14,17H,6-12H2,1H3. The fourth-order valence-corrected chi connectivity index (χ4v) is 3.45. The van der Waals surface area contributed by atoms with Crippen molar-refractivity contribution in [3.63, 3.8) is 0 Å². The molecule has 1 saturated heterocycles. The van der Waals surface area contributed by atoms with Crippen molar-refractivity contribution in [1.82, 2.24) is 4.90 Å². The molecule has 3 nitrogen and oxygen atoms in total. The number of anilines is 1. The maximum atomic E-state index is 5.27. The lowest BCUT2D eigenvalue weighted by molar-refractivity contribution is 0.151. The minimum Gasteiger partial charge on any atom is -0.384 e. The lowest BCUT2D eigenvalue weighted by Gasteiger charge is -2.29. The van der Waals surface area contributed by atoms with Crippen molar-refractivity contribution < 1.29 is 4.74 Å². The van der Waals surface area contributed by atoms with Gasteiger partial charge in [0.05, 0.1) is 6.61 Å². The minimum absolute atomic E-state index is 0.744. The van der Waals surface area contributed by atoms with Gasteiger partial charge in [-0.3, -0.25) is 0 Å². The largest absolute Gasteiger partial charge is 0.384 e. The summed E-state index contributed by atoms with van der Waals surface area (Å²) in [5, 5.41) is 3.57. The first-order valence-electron chi connectivity index (χ1n) is 7.38. The molecule has 0 spiro atoms. The highest BCUT2D eigenvalue weighted by molar-refractivity contribution is 5.53. The average Bonchev–Trinajstić information content (AvgIpc) is 2.86. The number of nitrogens with zero attached hydrogens (tertiary/aromatic N) is 1. The van der Waals surface area contributed by atoms with Crippen molar-refractivity contribution in [3.8, 4) is 0 Å². The molecular weight excluding hydrogens is 236 g/mol. The number of benzene rings is 1. The highest BCUT2D eigenvalue weighted by Crippen LogP contribution is 2.26. The van der Waals surface area contributed by atoms with Gasteiger partial charge in [0, 0.05) is 32.4 Å². The minimum atomic E-state index is 0.744. The molecule has 1 fully saturated rings. The Morgan fingerprint density at radius 1 is 1.32 bits per heavy atom. The zero-order valence-electron chi connectivity index (χ0n) is 11.8. The van der Waals surface area contributed by atoms with E-state index in [1.54, 1.807) is 0 Å². The summed E-state index contributed by atoms with van der Waals surface area (Å²) < 4.78 is 5.27. The lowest BCUT2D eigenvalue weighted by atomic mass is 9.93. The van der Waals surface area contributed by atoms with E-state index in [0.717, 1.165) is 25.0 Å². The Labute approximate surface area is 115 Å². The third-order valence-electron chi connectivity index (χ3n) is 4.40. The van der Waals surface area contributed by atoms with Gasteiger partial charge in [0.2, 0.25) is 0 Å². The molecule has 1 N–H and O–H groups in total. The van der Waals surface area contributed by atoms with E-state index < -0.39 is 0 Å². The number of nitrogens with one attached hydrogen (secondary N) is 1. The van der Waals surface area contributed by atoms with E-state index in [0.29, 0.717) is 0 Å². The van der Waals surface area contributed by atoms with Gasteiger partial charge in [-0.2, -0.15) is 0 Å². The zero-order valence-corrected chi connectivity index (χ0v) is 11.8. The quantitative estimate of drug-likeness (QED) is 0.898. The number of hydrogen-bond acceptors (Lipinski definition) is 3. The molecule has 0 amide bonds. The zero-order chi connectivity index (χ0) is 13.1. The number of methoxy groups -OCH3 is 1. The number of para-hydroxylation sites is 1. The first-order valence-corrected chi connectivity index (χ1v) is 7.38. The van der Waals surface area contributed by atoms with Crippen LogP contribution in [0.15, 0.2) is 24.3 Å². The fraction of sp³-hybridized carbons (Fsp3) is 0.625. The molecule has 104 valence electrons. The van der Waals surface area contributed by atoms with Crippen LogP contribution in [0.25, 0.3) is 0 Å². The van der Waals surface area contributed by atoms with Crippen LogP contribution in [0.4, 0.5) is 5.69 Å². The Kier molecular flexibility index (Phi) is 4.04. The summed E-state index contributed by atoms with van der Waals surface area (Å²) in [6.45, 7) is 5.71. The van der Waals surface area contributed by atoms with Gasteiger partial charge in [-0.25, -0.2) is 0 Å². The van der Waals surface area contributed by atoms with E-state index in [9.17, 15) is 0 Å². The van der Waals surface area contributed by atoms with Crippen LogP contribution in [0.3, 0.4) is 0 Å². The Morgan fingerprint density at radius 3 is 3.11 bits per heavy atom. The summed E-state index contributed by atoms with van der Waals surface area (Å²) in [5.74, 6) is 1.49. The third-order valence-corrected chi connectivity index (χ3v) is 4.40. The van der Waals surface area contributed by atoms with E-state index >= 15 is 0 Å². The van der Waals surface area contributed by atoms with Gasteiger partial charge >= 0.3 is 0 Å². The molecule has 2 unspecified atom stereocenters. The third kappa shape index (κ3) is 3.10. The van der Waals surface area contributed by atoms with Crippen molar-refractivity contribution in [3.05, 3.63) is 29.8 Å². The summed E-state index contributed by atoms with van der Waals surface area (Å²) in [6, 6.07) is 8.71. The van der Waals surface area contributed by atoms with E-state index in [2.05, 4.69) is 34.5 Å². The Hall–Kier alpha value is -1.06. The SMILES string of the molecule is COCC1CCN(CC2CNc3ccccc3C2)C1. The molecule has 0 radical (unpaired) electrons. The van der Waals surface area contributed by atoms with E-state index in [1.807, 2.05) is 7.11 Å².